The van der Waals surface area contributed by atoms with E-state index in [0.29, 0.717) is 21.7 Å². The molecule has 0 radical (unpaired) electrons. The Bertz CT molecular complexity index is 987. The minimum absolute atomic E-state index is 0.0643. The molecule has 3 heterocycles. The monoisotopic (exact) mass is 464 g/mol. The van der Waals surface area contributed by atoms with E-state index in [1.807, 2.05) is 0 Å². The first-order valence-corrected chi connectivity index (χ1v) is 11.1. The molecule has 174 valence electrons. The summed E-state index contributed by atoms with van der Waals surface area (Å²) in [4.78, 5) is 53.8. The predicted molar refractivity (Wildman–Crippen MR) is 116 cm³/mol. The van der Waals surface area contributed by atoms with Crippen molar-refractivity contribution in [3.05, 3.63) is 27.6 Å². The molecule has 1 saturated heterocycles. The number of ether oxygens (including phenoxy) is 2. The summed E-state index contributed by atoms with van der Waals surface area (Å²) in [5, 5.41) is 10.0. The maximum atomic E-state index is 12.9. The van der Waals surface area contributed by atoms with Gasteiger partial charge in [0.1, 0.15) is 5.70 Å². The summed E-state index contributed by atoms with van der Waals surface area (Å²) in [5.41, 5.74) is -0.115. The highest BCUT2D eigenvalue weighted by atomic mass is 32.1. The van der Waals surface area contributed by atoms with E-state index in [0.717, 1.165) is 0 Å². The van der Waals surface area contributed by atoms with Gasteiger partial charge in [0.05, 0.1) is 28.4 Å². The van der Waals surface area contributed by atoms with Gasteiger partial charge in [-0.05, 0) is 46.2 Å². The third kappa shape index (κ3) is 4.29. The van der Waals surface area contributed by atoms with Crippen LogP contribution in [0.15, 0.2) is 17.8 Å². The van der Waals surface area contributed by atoms with Crippen LogP contribution in [0, 0.1) is 11.3 Å². The van der Waals surface area contributed by atoms with Gasteiger partial charge in [0, 0.05) is 24.5 Å². The van der Waals surface area contributed by atoms with Crippen molar-refractivity contribution in [2.75, 3.05) is 20.9 Å². The average molecular weight is 465 g/mol. The molecule has 3 atom stereocenters. The van der Waals surface area contributed by atoms with Gasteiger partial charge in [-0.25, -0.2) is 4.79 Å². The standard InChI is InChI=1S/C22H28N2O7S/c1-11(25)16-13-9-12(14-7-8-15(32-14)18(26)23(5)6)17(24(13)19(16)27)20(28)30-10-31-21(29)22(2,3)4/h7-8,11,13,16,25H,9-10H2,1-6H3/t11-,13?,16?/m1/s1. The van der Waals surface area contributed by atoms with Crippen LogP contribution in [0.2, 0.25) is 0 Å². The van der Waals surface area contributed by atoms with Crippen molar-refractivity contribution in [1.29, 1.82) is 0 Å². The Labute approximate surface area is 190 Å². The van der Waals surface area contributed by atoms with E-state index >= 15 is 0 Å². The molecular weight excluding hydrogens is 436 g/mol. The number of esters is 2. The van der Waals surface area contributed by atoms with Crippen LogP contribution < -0.4 is 0 Å². The van der Waals surface area contributed by atoms with Crippen LogP contribution in [0.25, 0.3) is 5.57 Å². The van der Waals surface area contributed by atoms with Crippen LogP contribution in [-0.4, -0.2) is 71.7 Å². The second-order valence-corrected chi connectivity index (χ2v) is 10.3. The number of aliphatic hydroxyl groups excluding tert-OH is 1. The molecule has 2 aliphatic rings. The Morgan fingerprint density at radius 1 is 1.25 bits per heavy atom. The fraction of sp³-hybridized carbons (Fsp3) is 0.545. The lowest BCUT2D eigenvalue weighted by Crippen LogP contribution is -2.61. The topological polar surface area (TPSA) is 113 Å². The highest BCUT2D eigenvalue weighted by Gasteiger charge is 2.57. The number of fused-ring (bicyclic) bond motifs is 1. The molecule has 0 spiro atoms. The molecule has 0 saturated carbocycles. The van der Waals surface area contributed by atoms with E-state index < -0.39 is 36.2 Å². The zero-order chi connectivity index (χ0) is 24.0. The van der Waals surface area contributed by atoms with E-state index in [1.165, 1.54) is 21.1 Å². The zero-order valence-electron chi connectivity index (χ0n) is 19.0. The summed E-state index contributed by atoms with van der Waals surface area (Å²) in [5.74, 6) is -2.46. The van der Waals surface area contributed by atoms with Gasteiger partial charge in [-0.3, -0.25) is 14.4 Å². The Balaban J connectivity index is 1.87. The Morgan fingerprint density at radius 2 is 1.91 bits per heavy atom. The number of hydrogen-bond acceptors (Lipinski definition) is 8. The molecule has 3 rings (SSSR count). The molecule has 9 nitrogen and oxygen atoms in total. The number of nitrogens with zero attached hydrogens (tertiary/aromatic N) is 2. The number of thiophene rings is 1. The Kier molecular flexibility index (Phi) is 6.48. The lowest BCUT2D eigenvalue weighted by Gasteiger charge is -2.44. The molecule has 1 aromatic heterocycles. The van der Waals surface area contributed by atoms with Crippen molar-refractivity contribution in [3.8, 4) is 0 Å². The third-order valence-corrected chi connectivity index (χ3v) is 6.57. The van der Waals surface area contributed by atoms with Crippen molar-refractivity contribution in [3.63, 3.8) is 0 Å². The number of amides is 2. The van der Waals surface area contributed by atoms with Crippen LogP contribution in [0.5, 0.6) is 0 Å². The highest BCUT2D eigenvalue weighted by molar-refractivity contribution is 7.15. The maximum Gasteiger partial charge on any atom is 0.358 e. The third-order valence-electron chi connectivity index (χ3n) is 5.43. The molecule has 1 N–H and O–H groups in total. The number of carbonyl (C=O) groups excluding carboxylic acids is 4. The molecule has 1 aromatic rings. The van der Waals surface area contributed by atoms with Crippen molar-refractivity contribution < 1.29 is 33.8 Å². The molecule has 2 unspecified atom stereocenters. The Morgan fingerprint density at radius 3 is 2.47 bits per heavy atom. The first-order valence-electron chi connectivity index (χ1n) is 10.2. The minimum atomic E-state index is -0.859. The number of carbonyl (C=O) groups is 4. The number of β-lactam (4-membered cyclic amide) rings is 1. The highest BCUT2D eigenvalue weighted by Crippen LogP contribution is 2.48. The molecule has 10 heteroatoms. The summed E-state index contributed by atoms with van der Waals surface area (Å²) >= 11 is 1.22. The summed E-state index contributed by atoms with van der Waals surface area (Å²) < 4.78 is 10.2. The maximum absolute atomic E-state index is 12.9. The van der Waals surface area contributed by atoms with Crippen molar-refractivity contribution in [2.24, 2.45) is 11.3 Å². The second-order valence-electron chi connectivity index (χ2n) is 9.17. The van der Waals surface area contributed by atoms with Gasteiger partial charge in [-0.1, -0.05) is 0 Å². The van der Waals surface area contributed by atoms with E-state index in [4.69, 9.17) is 9.47 Å². The van der Waals surface area contributed by atoms with Gasteiger partial charge in [0.15, 0.2) is 0 Å². The molecule has 0 aromatic carbocycles. The second kappa shape index (κ2) is 8.67. The van der Waals surface area contributed by atoms with E-state index in [9.17, 15) is 24.3 Å². The van der Waals surface area contributed by atoms with Crippen LogP contribution >= 0.6 is 11.3 Å². The molecule has 1 fully saturated rings. The normalized spacial score (nSPS) is 21.1. The Hall–Kier alpha value is -2.72. The lowest BCUT2D eigenvalue weighted by atomic mass is 9.83. The summed E-state index contributed by atoms with van der Waals surface area (Å²) in [7, 11) is 3.30. The molecular formula is C22H28N2O7S. The van der Waals surface area contributed by atoms with Gasteiger partial charge in [-0.2, -0.15) is 0 Å². The SMILES string of the molecule is C[C@@H](O)C1C(=O)N2C(C(=O)OCOC(=O)C(C)(C)C)=C(c3ccc(C(=O)N(C)C)s3)CC12. The first kappa shape index (κ1) is 23.9. The van der Waals surface area contributed by atoms with Crippen molar-refractivity contribution in [2.45, 2.75) is 46.3 Å². The number of rotatable bonds is 6. The molecule has 2 amide bonds. The summed E-state index contributed by atoms with van der Waals surface area (Å²) in [6.07, 6.45) is -0.508. The van der Waals surface area contributed by atoms with E-state index in [1.54, 1.807) is 53.9 Å². The quantitative estimate of drug-likeness (QED) is 0.388. The molecule has 2 aliphatic heterocycles. The summed E-state index contributed by atoms with van der Waals surface area (Å²) in [6.45, 7) is 6.00. The summed E-state index contributed by atoms with van der Waals surface area (Å²) in [6, 6.07) is 3.04. The minimum Gasteiger partial charge on any atom is -0.427 e. The molecule has 0 bridgehead atoms. The van der Waals surface area contributed by atoms with Crippen LogP contribution in [-0.2, 0) is 23.9 Å². The van der Waals surface area contributed by atoms with Gasteiger partial charge < -0.3 is 24.4 Å². The van der Waals surface area contributed by atoms with Crippen LogP contribution in [0.1, 0.15) is 48.7 Å². The fourth-order valence-electron chi connectivity index (χ4n) is 3.74. The predicted octanol–water partition coefficient (Wildman–Crippen LogP) is 1.86. The zero-order valence-corrected chi connectivity index (χ0v) is 19.8. The lowest BCUT2D eigenvalue weighted by molar-refractivity contribution is -0.175. The largest absolute Gasteiger partial charge is 0.427 e. The van der Waals surface area contributed by atoms with Crippen LogP contribution in [0.3, 0.4) is 0 Å². The van der Waals surface area contributed by atoms with Gasteiger partial charge >= 0.3 is 11.9 Å². The molecule has 32 heavy (non-hydrogen) atoms. The number of aliphatic hydroxyl groups is 1. The number of hydrogen-bond donors (Lipinski definition) is 1. The average Bonchev–Trinajstić information content (AvgIpc) is 3.28. The van der Waals surface area contributed by atoms with Gasteiger partial charge in [0.25, 0.3) is 5.91 Å². The van der Waals surface area contributed by atoms with Crippen LogP contribution in [0.4, 0.5) is 0 Å². The van der Waals surface area contributed by atoms with Crippen molar-refractivity contribution >= 4 is 40.7 Å². The van der Waals surface area contributed by atoms with Gasteiger partial charge in [0.2, 0.25) is 12.7 Å². The fourth-order valence-corrected chi connectivity index (χ4v) is 4.82. The van der Waals surface area contributed by atoms with E-state index in [2.05, 4.69) is 0 Å². The first-order chi connectivity index (χ1) is 14.8. The van der Waals surface area contributed by atoms with Gasteiger partial charge in [-0.15, -0.1) is 11.3 Å². The van der Waals surface area contributed by atoms with Crippen molar-refractivity contribution in [1.82, 2.24) is 9.80 Å². The van der Waals surface area contributed by atoms with E-state index in [-0.39, 0.29) is 23.6 Å². The molecule has 0 aliphatic carbocycles. The smallest absolute Gasteiger partial charge is 0.358 e.